The van der Waals surface area contributed by atoms with E-state index in [9.17, 15) is 4.79 Å². The molecule has 2 heterocycles. The Morgan fingerprint density at radius 3 is 2.64 bits per heavy atom. The van der Waals surface area contributed by atoms with Crippen LogP contribution in [0.1, 0.15) is 6.92 Å². The second-order valence-corrected chi connectivity index (χ2v) is 4.10. The van der Waals surface area contributed by atoms with Crippen LogP contribution in [0.5, 0.6) is 0 Å². The molecule has 8 nitrogen and oxygen atoms in total. The number of nitrogens with two attached hydrogens (primary N) is 2. The fourth-order valence-electron chi connectivity index (χ4n) is 1.63. The molecule has 22 heavy (non-hydrogen) atoms. The summed E-state index contributed by atoms with van der Waals surface area (Å²) in [6, 6.07) is 1.70. The van der Waals surface area contributed by atoms with Crippen LogP contribution in [-0.2, 0) is 4.79 Å². The lowest BCUT2D eigenvalue weighted by Crippen LogP contribution is -2.20. The van der Waals surface area contributed by atoms with E-state index in [4.69, 9.17) is 11.6 Å². The molecule has 2 rings (SSSR count). The molecule has 0 aliphatic heterocycles. The number of nitrogens with zero attached hydrogens (tertiary/aromatic N) is 3. The first kappa shape index (κ1) is 16.7. The highest BCUT2D eigenvalue weighted by Gasteiger charge is 2.08. The summed E-state index contributed by atoms with van der Waals surface area (Å²) in [5.41, 5.74) is 9.98. The molecule has 2 aromatic heterocycles. The van der Waals surface area contributed by atoms with Crippen molar-refractivity contribution in [3.05, 3.63) is 31.4 Å². The van der Waals surface area contributed by atoms with Gasteiger partial charge in [0, 0.05) is 24.9 Å². The summed E-state index contributed by atoms with van der Waals surface area (Å²) < 4.78 is 1.60. The first-order chi connectivity index (χ1) is 10.5. The van der Waals surface area contributed by atoms with Gasteiger partial charge in [0.1, 0.15) is 12.1 Å². The summed E-state index contributed by atoms with van der Waals surface area (Å²) in [7, 11) is 0. The summed E-state index contributed by atoms with van der Waals surface area (Å²) in [6.45, 7) is 5.15. The standard InChI is InChI=1S/C12H15N7O.C2H2/c1-7(17-8(2)20)19-5-11(16-6-19)9-3-10(13)12(18-14)15-4-9;1-2/h3-6H,1,13-14H2,2H3,(H,15,18)(H,17,20);1-2H. The molecule has 114 valence electrons. The third-order valence-corrected chi connectivity index (χ3v) is 2.56. The number of imidazole rings is 1. The molecule has 0 aliphatic carbocycles. The van der Waals surface area contributed by atoms with Crippen molar-refractivity contribution in [2.75, 3.05) is 11.2 Å². The van der Waals surface area contributed by atoms with Gasteiger partial charge < -0.3 is 16.5 Å². The quantitative estimate of drug-likeness (QED) is 0.373. The van der Waals surface area contributed by atoms with Crippen LogP contribution in [0, 0.1) is 12.8 Å². The van der Waals surface area contributed by atoms with Gasteiger partial charge in [0.15, 0.2) is 5.82 Å². The Morgan fingerprint density at radius 1 is 1.41 bits per heavy atom. The first-order valence-electron chi connectivity index (χ1n) is 6.08. The molecule has 0 atom stereocenters. The van der Waals surface area contributed by atoms with E-state index in [1.54, 1.807) is 29.4 Å². The zero-order chi connectivity index (χ0) is 16.7. The van der Waals surface area contributed by atoms with Gasteiger partial charge >= 0.3 is 0 Å². The average Bonchev–Trinajstić information content (AvgIpc) is 2.98. The van der Waals surface area contributed by atoms with Gasteiger partial charge in [0.2, 0.25) is 5.91 Å². The van der Waals surface area contributed by atoms with Gasteiger partial charge in [-0.2, -0.15) is 0 Å². The Kier molecular flexibility index (Phi) is 5.68. The van der Waals surface area contributed by atoms with Gasteiger partial charge in [0.25, 0.3) is 0 Å². The molecule has 0 spiro atoms. The number of carbonyl (C=O) groups is 1. The van der Waals surface area contributed by atoms with Crippen molar-refractivity contribution in [2.24, 2.45) is 5.84 Å². The second-order valence-electron chi connectivity index (χ2n) is 4.10. The summed E-state index contributed by atoms with van der Waals surface area (Å²) in [4.78, 5) is 19.3. The Bertz CT molecular complexity index is 702. The van der Waals surface area contributed by atoms with Crippen LogP contribution in [0.25, 0.3) is 17.1 Å². The van der Waals surface area contributed by atoms with E-state index in [1.807, 2.05) is 0 Å². The molecule has 0 saturated heterocycles. The van der Waals surface area contributed by atoms with Crippen LogP contribution in [0.4, 0.5) is 11.5 Å². The predicted octanol–water partition coefficient (Wildman–Crippen LogP) is 0.627. The number of anilines is 2. The predicted molar refractivity (Wildman–Crippen MR) is 86.7 cm³/mol. The number of nitrogen functional groups attached to an aromatic ring is 2. The molecular weight excluding hydrogens is 282 g/mol. The average molecular weight is 299 g/mol. The maximum absolute atomic E-state index is 11.0. The highest BCUT2D eigenvalue weighted by Crippen LogP contribution is 2.23. The van der Waals surface area contributed by atoms with Gasteiger partial charge in [-0.15, -0.1) is 12.8 Å². The molecule has 0 unspecified atom stereocenters. The summed E-state index contributed by atoms with van der Waals surface area (Å²) in [5, 5.41) is 2.58. The minimum atomic E-state index is -0.200. The molecule has 0 aliphatic rings. The third kappa shape index (κ3) is 3.84. The number of terminal acetylenes is 1. The molecule has 0 fully saturated rings. The monoisotopic (exact) mass is 299 g/mol. The lowest BCUT2D eigenvalue weighted by atomic mass is 10.2. The maximum atomic E-state index is 11.0. The normalized spacial score (nSPS) is 9.27. The Hall–Kier alpha value is -3.31. The van der Waals surface area contributed by atoms with Gasteiger partial charge in [0.05, 0.1) is 11.4 Å². The fraction of sp³-hybridized carbons (Fsp3) is 0.0714. The molecule has 0 bridgehead atoms. The lowest BCUT2D eigenvalue weighted by Gasteiger charge is -2.06. The van der Waals surface area contributed by atoms with Crippen LogP contribution < -0.4 is 22.3 Å². The molecule has 2 aromatic rings. The summed E-state index contributed by atoms with van der Waals surface area (Å²) >= 11 is 0. The highest BCUT2D eigenvalue weighted by molar-refractivity contribution is 5.80. The van der Waals surface area contributed by atoms with Crippen molar-refractivity contribution in [2.45, 2.75) is 6.92 Å². The number of rotatable bonds is 4. The van der Waals surface area contributed by atoms with Crippen molar-refractivity contribution in [3.8, 4) is 24.1 Å². The number of hydrogen-bond acceptors (Lipinski definition) is 6. The molecule has 0 radical (unpaired) electrons. The maximum Gasteiger partial charge on any atom is 0.222 e. The Labute approximate surface area is 128 Å². The SMILES string of the molecule is C#C.C=C(NC(C)=O)n1cnc(-c2cnc(NN)c(N)c2)c1. The van der Waals surface area contributed by atoms with Crippen molar-refractivity contribution in [1.82, 2.24) is 19.9 Å². The van der Waals surface area contributed by atoms with Crippen LogP contribution in [0.15, 0.2) is 31.4 Å². The molecule has 0 saturated carbocycles. The van der Waals surface area contributed by atoms with Crippen LogP contribution in [0.2, 0.25) is 0 Å². The highest BCUT2D eigenvalue weighted by atomic mass is 16.1. The number of hydrazine groups is 1. The van der Waals surface area contributed by atoms with Crippen molar-refractivity contribution >= 4 is 23.2 Å². The molecule has 8 heteroatoms. The van der Waals surface area contributed by atoms with Gasteiger partial charge in [-0.05, 0) is 6.07 Å². The second kappa shape index (κ2) is 7.47. The lowest BCUT2D eigenvalue weighted by molar-refractivity contribution is -0.117. The number of carbonyl (C=O) groups excluding carboxylic acids is 1. The third-order valence-electron chi connectivity index (χ3n) is 2.56. The van der Waals surface area contributed by atoms with Crippen molar-refractivity contribution in [1.29, 1.82) is 0 Å². The Balaban J connectivity index is 0.00000116. The van der Waals surface area contributed by atoms with Gasteiger partial charge in [-0.3, -0.25) is 9.36 Å². The fourth-order valence-corrected chi connectivity index (χ4v) is 1.63. The number of nitrogens with one attached hydrogen (secondary N) is 2. The summed E-state index contributed by atoms with van der Waals surface area (Å²) in [6.07, 6.45) is 12.8. The van der Waals surface area contributed by atoms with Crippen LogP contribution >= 0.6 is 0 Å². The van der Waals surface area contributed by atoms with E-state index in [0.717, 1.165) is 5.56 Å². The molecule has 6 N–H and O–H groups in total. The van der Waals surface area contributed by atoms with E-state index < -0.39 is 0 Å². The van der Waals surface area contributed by atoms with Crippen LogP contribution in [-0.4, -0.2) is 20.4 Å². The molecule has 0 aromatic carbocycles. The molecule has 1 amide bonds. The van der Waals surface area contributed by atoms with E-state index >= 15 is 0 Å². The topological polar surface area (TPSA) is 124 Å². The van der Waals surface area contributed by atoms with E-state index in [2.05, 4.69) is 40.1 Å². The van der Waals surface area contributed by atoms with Crippen molar-refractivity contribution in [3.63, 3.8) is 0 Å². The zero-order valence-corrected chi connectivity index (χ0v) is 12.1. The minimum absolute atomic E-state index is 0.200. The number of amides is 1. The zero-order valence-electron chi connectivity index (χ0n) is 12.1. The Morgan fingerprint density at radius 2 is 2.09 bits per heavy atom. The van der Waals surface area contributed by atoms with Crippen molar-refractivity contribution < 1.29 is 4.79 Å². The number of pyridine rings is 1. The largest absolute Gasteiger partial charge is 0.396 e. The summed E-state index contributed by atoms with van der Waals surface area (Å²) in [5.74, 6) is 5.88. The first-order valence-corrected chi connectivity index (χ1v) is 6.08. The minimum Gasteiger partial charge on any atom is -0.396 e. The number of hydrogen-bond donors (Lipinski definition) is 4. The van der Waals surface area contributed by atoms with Gasteiger partial charge in [-0.1, -0.05) is 6.58 Å². The molecular formula is C14H17N7O. The number of aromatic nitrogens is 3. The van der Waals surface area contributed by atoms with Gasteiger partial charge in [-0.25, -0.2) is 15.8 Å². The van der Waals surface area contributed by atoms with Crippen LogP contribution in [0.3, 0.4) is 0 Å². The van der Waals surface area contributed by atoms with E-state index in [0.29, 0.717) is 23.0 Å². The smallest absolute Gasteiger partial charge is 0.222 e. The van der Waals surface area contributed by atoms with E-state index in [-0.39, 0.29) is 5.91 Å². The van der Waals surface area contributed by atoms with E-state index in [1.165, 1.54) is 6.92 Å².